The molecule has 69 heavy (non-hydrogen) atoms. The van der Waals surface area contributed by atoms with Gasteiger partial charge in [0.1, 0.15) is 30.5 Å². The number of unbranched alkanes of at least 4 members (excludes halogenated alkanes) is 14. The molecule has 0 unspecified atom stereocenters. The number of hydrogen-bond donors (Lipinski definition) is 10. The second kappa shape index (κ2) is 41.7. The van der Waals surface area contributed by atoms with Gasteiger partial charge in [-0.15, -0.1) is 0 Å². The summed E-state index contributed by atoms with van der Waals surface area (Å²) in [6.45, 7) is 1.43. The van der Waals surface area contributed by atoms with Gasteiger partial charge in [0, 0.05) is 45.2 Å². The van der Waals surface area contributed by atoms with Crippen LogP contribution < -0.4 is 31.9 Å². The van der Waals surface area contributed by atoms with E-state index in [1.54, 1.807) is 7.05 Å². The van der Waals surface area contributed by atoms with Crippen LogP contribution in [0.2, 0.25) is 0 Å². The number of amides is 5. The molecule has 0 aromatic rings. The quantitative estimate of drug-likeness (QED) is 0.0392. The molecule has 0 aliphatic rings. The predicted molar refractivity (Wildman–Crippen MR) is 253 cm³/mol. The van der Waals surface area contributed by atoms with Gasteiger partial charge in [0.25, 0.3) is 0 Å². The van der Waals surface area contributed by atoms with E-state index in [1.807, 2.05) is 0 Å². The molecule has 22 heteroatoms. The zero-order valence-corrected chi connectivity index (χ0v) is 40.9. The molecule has 4 atom stereocenters. The SMILES string of the molecule is CN[C@@H](CCCCNC(=O)CC[C@H](NC(=O)CC[C@H](NC(=O)COCCOCCNC(=O)CC[C@H](NC(=O)CCCCCCCCCCCCCCCCC(=O)O)C(=O)O)C(=O)O)C(=O)O)C(C)=O. The van der Waals surface area contributed by atoms with Crippen LogP contribution in [0.25, 0.3) is 0 Å². The first kappa shape index (κ1) is 63.8. The van der Waals surface area contributed by atoms with Crippen LogP contribution in [0.1, 0.15) is 167 Å². The summed E-state index contributed by atoms with van der Waals surface area (Å²) >= 11 is 0. The highest BCUT2D eigenvalue weighted by Crippen LogP contribution is 2.14. The van der Waals surface area contributed by atoms with Gasteiger partial charge in [-0.2, -0.15) is 0 Å². The lowest BCUT2D eigenvalue weighted by atomic mass is 10.0. The van der Waals surface area contributed by atoms with Crippen molar-refractivity contribution >= 4 is 59.2 Å². The van der Waals surface area contributed by atoms with Gasteiger partial charge in [0.2, 0.25) is 29.5 Å². The van der Waals surface area contributed by atoms with E-state index in [1.165, 1.54) is 39.0 Å². The van der Waals surface area contributed by atoms with Gasteiger partial charge in [-0.3, -0.25) is 33.6 Å². The van der Waals surface area contributed by atoms with Crippen molar-refractivity contribution < 1.29 is 77.8 Å². The topological polar surface area (TPSA) is 342 Å². The molecule has 0 rings (SSSR count). The number of hydrogen-bond acceptors (Lipinski definition) is 13. The van der Waals surface area contributed by atoms with Crippen molar-refractivity contribution in [3.8, 4) is 0 Å². The summed E-state index contributed by atoms with van der Waals surface area (Å²) in [6, 6.07) is -4.35. The van der Waals surface area contributed by atoms with Gasteiger partial charge in [-0.05, 0) is 65.3 Å². The molecule has 0 heterocycles. The van der Waals surface area contributed by atoms with Gasteiger partial charge in [0.15, 0.2) is 0 Å². The van der Waals surface area contributed by atoms with Gasteiger partial charge < -0.3 is 61.8 Å². The third kappa shape index (κ3) is 38.3. The van der Waals surface area contributed by atoms with E-state index >= 15 is 0 Å². The number of ketones is 1. The number of carboxylic acid groups (broad SMARTS) is 4. The Morgan fingerprint density at radius 3 is 1.22 bits per heavy atom. The highest BCUT2D eigenvalue weighted by atomic mass is 16.5. The minimum absolute atomic E-state index is 0.0180. The van der Waals surface area contributed by atoms with Crippen LogP contribution in [0, 0.1) is 0 Å². The molecule has 22 nitrogen and oxygen atoms in total. The average Bonchev–Trinajstić information content (AvgIpc) is 3.29. The van der Waals surface area contributed by atoms with Gasteiger partial charge in [-0.25, -0.2) is 14.4 Å². The van der Waals surface area contributed by atoms with Crippen molar-refractivity contribution in [1.82, 2.24) is 31.9 Å². The van der Waals surface area contributed by atoms with Crippen LogP contribution in [-0.4, -0.2) is 150 Å². The maximum Gasteiger partial charge on any atom is 0.326 e. The van der Waals surface area contributed by atoms with Gasteiger partial charge in [0.05, 0.1) is 25.9 Å². The molecule has 0 bridgehead atoms. The number of nitrogens with one attached hydrogen (secondary N) is 6. The number of aliphatic carboxylic acids is 4. The van der Waals surface area contributed by atoms with E-state index in [9.17, 15) is 63.3 Å². The summed E-state index contributed by atoms with van der Waals surface area (Å²) in [5.74, 6) is -7.55. The molecule has 0 saturated heterocycles. The molecule has 0 aliphatic heterocycles. The van der Waals surface area contributed by atoms with E-state index in [0.717, 1.165) is 51.4 Å². The number of rotatable bonds is 47. The Labute approximate surface area is 406 Å². The third-order valence-corrected chi connectivity index (χ3v) is 11.2. The molecule has 0 aliphatic carbocycles. The lowest BCUT2D eigenvalue weighted by Crippen LogP contribution is -2.45. The first-order chi connectivity index (χ1) is 33.0. The second-order valence-electron chi connectivity index (χ2n) is 17.1. The average molecular weight is 987 g/mol. The Morgan fingerprint density at radius 1 is 0.391 bits per heavy atom. The number of ether oxygens (including phenoxy) is 2. The summed E-state index contributed by atoms with van der Waals surface area (Å²) < 4.78 is 10.6. The smallest absolute Gasteiger partial charge is 0.326 e. The summed E-state index contributed by atoms with van der Waals surface area (Å²) in [4.78, 5) is 119. The highest BCUT2D eigenvalue weighted by Gasteiger charge is 2.25. The number of Topliss-reactive ketones (excluding diaryl/α,β-unsaturated/α-hetero) is 1. The van der Waals surface area contributed by atoms with Crippen molar-refractivity contribution in [2.45, 2.75) is 192 Å². The van der Waals surface area contributed by atoms with Crippen LogP contribution in [0.3, 0.4) is 0 Å². The standard InChI is InChI=1S/C47H82N6O16/c1-34(54)35(48-2)19-17-18-28-49-39(55)25-22-37(46(64)65)52-42(58)27-24-38(47(66)67)53-43(59)33-69-32-31-68-30-29-50-40(56)26-23-36(45(62)63)51-41(57)20-15-13-11-9-7-5-3-4-6-8-10-12-14-16-21-44(60)61/h35-38,48H,3-33H2,1-2H3,(H,49,55)(H,50,56)(H,51,57)(H,52,58)(H,53,59)(H,60,61)(H,62,63)(H,64,65)(H,66,67)/t35-,36-,37-,38-/m0/s1. The monoisotopic (exact) mass is 987 g/mol. The Kier molecular flexibility index (Phi) is 38.6. The Bertz CT molecular complexity index is 1550. The predicted octanol–water partition coefficient (Wildman–Crippen LogP) is 2.97. The molecular weight excluding hydrogens is 905 g/mol. The molecule has 10 N–H and O–H groups in total. The number of likely N-dealkylation sites (N-methyl/N-ethyl adjacent to an activating group) is 1. The van der Waals surface area contributed by atoms with Crippen molar-refractivity contribution in [3.63, 3.8) is 0 Å². The molecule has 0 aromatic heterocycles. The lowest BCUT2D eigenvalue weighted by molar-refractivity contribution is -0.144. The number of carbonyl (C=O) groups is 10. The van der Waals surface area contributed by atoms with Crippen molar-refractivity contribution in [2.24, 2.45) is 0 Å². The van der Waals surface area contributed by atoms with E-state index < -0.39 is 78.7 Å². The first-order valence-corrected chi connectivity index (χ1v) is 24.6. The number of carbonyl (C=O) groups excluding carboxylic acids is 6. The molecule has 396 valence electrons. The third-order valence-electron chi connectivity index (χ3n) is 11.2. The van der Waals surface area contributed by atoms with Crippen molar-refractivity contribution in [3.05, 3.63) is 0 Å². The van der Waals surface area contributed by atoms with Gasteiger partial charge in [-0.1, -0.05) is 77.0 Å². The highest BCUT2D eigenvalue weighted by molar-refractivity contribution is 5.87. The van der Waals surface area contributed by atoms with E-state index in [4.69, 9.17) is 14.6 Å². The molecule has 0 aromatic carbocycles. The van der Waals surface area contributed by atoms with Crippen LogP contribution >= 0.6 is 0 Å². The lowest BCUT2D eigenvalue weighted by Gasteiger charge is -2.17. The Balaban J connectivity index is 4.13. The largest absolute Gasteiger partial charge is 0.481 e. The van der Waals surface area contributed by atoms with Crippen LogP contribution in [-0.2, 0) is 57.4 Å². The number of carboxylic acids is 4. The van der Waals surface area contributed by atoms with Crippen LogP contribution in [0.4, 0.5) is 0 Å². The summed E-state index contributed by atoms with van der Waals surface area (Å²) in [6.07, 6.45) is 15.6. The van der Waals surface area contributed by atoms with Gasteiger partial charge >= 0.3 is 23.9 Å². The minimum atomic E-state index is -1.48. The van der Waals surface area contributed by atoms with E-state index in [0.29, 0.717) is 32.2 Å². The molecule has 5 amide bonds. The fourth-order valence-electron chi connectivity index (χ4n) is 7.13. The van der Waals surface area contributed by atoms with Crippen LogP contribution in [0.15, 0.2) is 0 Å². The molecule has 0 fully saturated rings. The molecule has 0 spiro atoms. The summed E-state index contributed by atoms with van der Waals surface area (Å²) in [5, 5.41) is 52.4. The molecule has 0 radical (unpaired) electrons. The Hall–Kier alpha value is -5.22. The fraction of sp³-hybridized carbons (Fsp3) is 0.787. The summed E-state index contributed by atoms with van der Waals surface area (Å²) in [5.41, 5.74) is 0. The molecule has 0 saturated carbocycles. The summed E-state index contributed by atoms with van der Waals surface area (Å²) in [7, 11) is 1.69. The first-order valence-electron chi connectivity index (χ1n) is 24.6. The molecular formula is C47H82N6O16. The van der Waals surface area contributed by atoms with Crippen molar-refractivity contribution in [2.75, 3.05) is 46.6 Å². The maximum atomic E-state index is 12.5. The Morgan fingerprint density at radius 2 is 0.783 bits per heavy atom. The van der Waals surface area contributed by atoms with E-state index in [-0.39, 0.29) is 89.0 Å². The second-order valence-corrected chi connectivity index (χ2v) is 17.1. The maximum absolute atomic E-state index is 12.5. The normalized spacial score (nSPS) is 12.7. The van der Waals surface area contributed by atoms with Crippen molar-refractivity contribution in [1.29, 1.82) is 0 Å². The zero-order chi connectivity index (χ0) is 51.7. The zero-order valence-electron chi connectivity index (χ0n) is 40.9. The minimum Gasteiger partial charge on any atom is -0.481 e. The fourth-order valence-corrected chi connectivity index (χ4v) is 7.13. The van der Waals surface area contributed by atoms with Crippen LogP contribution in [0.5, 0.6) is 0 Å². The van der Waals surface area contributed by atoms with E-state index in [2.05, 4.69) is 31.9 Å².